The van der Waals surface area contributed by atoms with E-state index in [0.29, 0.717) is 22.2 Å². The molecule has 0 aromatic heterocycles. The van der Waals surface area contributed by atoms with Gasteiger partial charge in [-0.3, -0.25) is 4.79 Å². The van der Waals surface area contributed by atoms with Gasteiger partial charge in [-0.2, -0.15) is 0 Å². The number of rotatable bonds is 5. The molecule has 0 amide bonds. The summed E-state index contributed by atoms with van der Waals surface area (Å²) < 4.78 is 12.6. The highest BCUT2D eigenvalue weighted by Crippen LogP contribution is 2.41. The van der Waals surface area contributed by atoms with E-state index in [4.69, 9.17) is 21.7 Å². The quantitative estimate of drug-likeness (QED) is 0.672. The van der Waals surface area contributed by atoms with Crippen molar-refractivity contribution in [3.63, 3.8) is 0 Å². The van der Waals surface area contributed by atoms with E-state index in [1.807, 2.05) is 19.1 Å². The van der Waals surface area contributed by atoms with Crippen LogP contribution in [0, 0.1) is 0 Å². The van der Waals surface area contributed by atoms with E-state index in [2.05, 4.69) is 26.6 Å². The van der Waals surface area contributed by atoms with Gasteiger partial charge >= 0.3 is 0 Å². The zero-order valence-corrected chi connectivity index (χ0v) is 17.6. The average molecular weight is 439 g/mol. The van der Waals surface area contributed by atoms with Crippen LogP contribution in [0.4, 0.5) is 0 Å². The van der Waals surface area contributed by atoms with Gasteiger partial charge in [0.15, 0.2) is 22.4 Å². The van der Waals surface area contributed by atoms with Gasteiger partial charge in [0.2, 0.25) is 0 Å². The summed E-state index contributed by atoms with van der Waals surface area (Å²) in [5, 5.41) is 6.71. The maximum atomic E-state index is 12.2. The van der Waals surface area contributed by atoms with E-state index in [9.17, 15) is 4.79 Å². The van der Waals surface area contributed by atoms with Crippen molar-refractivity contribution in [1.82, 2.24) is 10.6 Å². The number of ketones is 1. The molecule has 7 heteroatoms. The van der Waals surface area contributed by atoms with Crippen molar-refractivity contribution in [2.45, 2.75) is 51.7 Å². The molecule has 2 aliphatic rings. The molecule has 0 bridgehead atoms. The van der Waals surface area contributed by atoms with Gasteiger partial charge in [0.1, 0.15) is 0 Å². The molecule has 0 spiro atoms. The topological polar surface area (TPSA) is 59.6 Å². The third kappa shape index (κ3) is 3.88. The summed E-state index contributed by atoms with van der Waals surface area (Å²) in [4.78, 5) is 12.2. The number of hydrogen-bond acceptors (Lipinski definition) is 4. The van der Waals surface area contributed by atoms with E-state index in [-0.39, 0.29) is 17.9 Å². The van der Waals surface area contributed by atoms with Crippen LogP contribution in [0.2, 0.25) is 0 Å². The molecule has 1 heterocycles. The molecule has 0 saturated heterocycles. The molecule has 1 aliphatic carbocycles. The fourth-order valence-electron chi connectivity index (χ4n) is 3.60. The van der Waals surface area contributed by atoms with Gasteiger partial charge in [-0.1, -0.05) is 0 Å². The summed E-state index contributed by atoms with van der Waals surface area (Å²) in [6.07, 6.45) is 4.76. The smallest absolute Gasteiger partial charge is 0.175 e. The van der Waals surface area contributed by atoms with Crippen molar-refractivity contribution in [2.24, 2.45) is 0 Å². The second-order valence-electron chi connectivity index (χ2n) is 6.68. The fourth-order valence-corrected chi connectivity index (χ4v) is 4.43. The summed E-state index contributed by atoms with van der Waals surface area (Å²) in [6.45, 7) is 3.42. The number of Topliss-reactive ketones (excluding diaryl/α,β-unsaturated/α-hetero) is 1. The van der Waals surface area contributed by atoms with Crippen molar-refractivity contribution in [3.05, 3.63) is 33.4 Å². The maximum Gasteiger partial charge on any atom is 0.175 e. The summed E-state index contributed by atoms with van der Waals surface area (Å²) >= 11 is 8.90. The Labute approximate surface area is 167 Å². The van der Waals surface area contributed by atoms with Gasteiger partial charge < -0.3 is 20.1 Å². The van der Waals surface area contributed by atoms with Gasteiger partial charge in [-0.25, -0.2) is 0 Å². The molecule has 26 heavy (non-hydrogen) atoms. The largest absolute Gasteiger partial charge is 0.493 e. The lowest BCUT2D eigenvalue weighted by molar-refractivity contribution is -0.114. The van der Waals surface area contributed by atoms with Crippen LogP contribution in [0.15, 0.2) is 27.9 Å². The summed E-state index contributed by atoms with van der Waals surface area (Å²) in [6, 6.07) is 3.55. The number of halogens is 1. The normalized spacial score (nSPS) is 20.6. The lowest BCUT2D eigenvalue weighted by Gasteiger charge is -2.30. The van der Waals surface area contributed by atoms with Crippen molar-refractivity contribution < 1.29 is 14.3 Å². The molecular weight excluding hydrogens is 416 g/mol. The number of thiocarbonyl (C=S) groups is 1. The van der Waals surface area contributed by atoms with E-state index in [1.54, 1.807) is 14.0 Å². The van der Waals surface area contributed by atoms with Gasteiger partial charge in [-0.15, -0.1) is 0 Å². The van der Waals surface area contributed by atoms with Gasteiger partial charge in [0.25, 0.3) is 0 Å². The lowest BCUT2D eigenvalue weighted by Crippen LogP contribution is -2.44. The predicted octanol–water partition coefficient (Wildman–Crippen LogP) is 4.16. The molecule has 5 nitrogen and oxygen atoms in total. The molecule has 1 saturated carbocycles. The van der Waals surface area contributed by atoms with Crippen LogP contribution in [-0.4, -0.2) is 24.1 Å². The Morgan fingerprint density at radius 1 is 1.31 bits per heavy atom. The lowest BCUT2D eigenvalue weighted by atomic mass is 9.93. The number of carbonyl (C=O) groups is 1. The predicted molar refractivity (Wildman–Crippen MR) is 109 cm³/mol. The number of ether oxygens (including phenoxy) is 2. The fraction of sp³-hybridized carbons (Fsp3) is 0.474. The molecule has 1 fully saturated rings. The second-order valence-corrected chi connectivity index (χ2v) is 7.95. The van der Waals surface area contributed by atoms with Crippen molar-refractivity contribution in [3.8, 4) is 11.5 Å². The van der Waals surface area contributed by atoms with Crippen LogP contribution in [-0.2, 0) is 4.79 Å². The molecular formula is C19H23BrN2O3S. The highest BCUT2D eigenvalue weighted by molar-refractivity contribution is 9.10. The maximum absolute atomic E-state index is 12.2. The van der Waals surface area contributed by atoms with E-state index < -0.39 is 0 Å². The first kappa shape index (κ1) is 19.2. The van der Waals surface area contributed by atoms with Gasteiger partial charge in [-0.05, 0) is 85.4 Å². The Bertz CT molecular complexity index is 772. The number of hydrogen-bond donors (Lipinski definition) is 2. The van der Waals surface area contributed by atoms with E-state index >= 15 is 0 Å². The molecule has 2 N–H and O–H groups in total. The third-order valence-electron chi connectivity index (χ3n) is 4.82. The minimum Gasteiger partial charge on any atom is -0.493 e. The highest BCUT2D eigenvalue weighted by atomic mass is 79.9. The molecule has 1 atom stereocenters. The highest BCUT2D eigenvalue weighted by Gasteiger charge is 2.29. The molecule has 140 valence electrons. The minimum atomic E-state index is -0.327. The Hall–Kier alpha value is -1.60. The number of methoxy groups -OCH3 is 1. The average Bonchev–Trinajstić information content (AvgIpc) is 3.08. The zero-order valence-electron chi connectivity index (χ0n) is 15.1. The Balaban J connectivity index is 1.99. The SMILES string of the molecule is COc1cc(C2NC(=S)NC(C)=C2C(C)=O)cc(Br)c1OC1CCCC1. The van der Waals surface area contributed by atoms with Gasteiger partial charge in [0, 0.05) is 11.3 Å². The molecule has 0 radical (unpaired) electrons. The summed E-state index contributed by atoms with van der Waals surface area (Å²) in [5.41, 5.74) is 2.32. The summed E-state index contributed by atoms with van der Waals surface area (Å²) in [5.74, 6) is 1.36. The molecule has 1 aromatic carbocycles. The first-order valence-electron chi connectivity index (χ1n) is 8.74. The van der Waals surface area contributed by atoms with Crippen molar-refractivity contribution in [1.29, 1.82) is 0 Å². The van der Waals surface area contributed by atoms with E-state index in [1.165, 1.54) is 12.8 Å². The van der Waals surface area contributed by atoms with Crippen molar-refractivity contribution >= 4 is 39.0 Å². The first-order chi connectivity index (χ1) is 12.4. The van der Waals surface area contributed by atoms with Crippen LogP contribution in [0.1, 0.15) is 51.1 Å². The first-order valence-corrected chi connectivity index (χ1v) is 9.94. The standard InChI is InChI=1S/C19H23BrN2O3S/c1-10-16(11(2)23)17(22-19(26)21-10)12-8-14(20)18(15(9-12)24-3)25-13-6-4-5-7-13/h8-9,13,17H,4-7H2,1-3H3,(H2,21,22,26). The van der Waals surface area contributed by atoms with Crippen molar-refractivity contribution in [2.75, 3.05) is 7.11 Å². The van der Waals surface area contributed by atoms with E-state index in [0.717, 1.165) is 28.6 Å². The minimum absolute atomic E-state index is 0.00336. The Kier molecular flexibility index (Phi) is 5.87. The zero-order chi connectivity index (χ0) is 18.8. The molecule has 1 aliphatic heterocycles. The number of nitrogens with one attached hydrogen (secondary N) is 2. The van der Waals surface area contributed by atoms with Crippen LogP contribution >= 0.6 is 28.1 Å². The van der Waals surface area contributed by atoms with Gasteiger partial charge in [0.05, 0.1) is 23.7 Å². The summed E-state index contributed by atoms with van der Waals surface area (Å²) in [7, 11) is 1.63. The molecule has 3 rings (SSSR count). The molecule has 1 unspecified atom stereocenters. The van der Waals surface area contributed by atoms with Crippen LogP contribution in [0.25, 0.3) is 0 Å². The number of carbonyl (C=O) groups excluding carboxylic acids is 1. The Morgan fingerprint density at radius 3 is 2.62 bits per heavy atom. The second kappa shape index (κ2) is 7.96. The molecule has 1 aromatic rings. The van der Waals surface area contributed by atoms with Crippen LogP contribution in [0.5, 0.6) is 11.5 Å². The monoisotopic (exact) mass is 438 g/mol. The Morgan fingerprint density at radius 2 is 2.00 bits per heavy atom. The number of allylic oxidation sites excluding steroid dienone is 1. The van der Waals surface area contributed by atoms with Crippen LogP contribution < -0.4 is 20.1 Å². The third-order valence-corrected chi connectivity index (χ3v) is 5.63. The van der Waals surface area contributed by atoms with Crippen LogP contribution in [0.3, 0.4) is 0 Å². The number of benzene rings is 1.